The summed E-state index contributed by atoms with van der Waals surface area (Å²) in [6.45, 7) is 5.60. The Morgan fingerprint density at radius 1 is 1.24 bits per heavy atom. The van der Waals surface area contributed by atoms with Gasteiger partial charge >= 0.3 is 11.9 Å². The average molecular weight is 246 g/mol. The monoisotopic (exact) mass is 246 g/mol. The van der Waals surface area contributed by atoms with Crippen molar-refractivity contribution in [3.05, 3.63) is 0 Å². The van der Waals surface area contributed by atoms with Gasteiger partial charge < -0.3 is 15.6 Å². The summed E-state index contributed by atoms with van der Waals surface area (Å²) < 4.78 is 5.16. The van der Waals surface area contributed by atoms with E-state index < -0.39 is 18.1 Å². The molecule has 0 rings (SSSR count). The van der Waals surface area contributed by atoms with Crippen molar-refractivity contribution in [3.8, 4) is 0 Å². The predicted molar refractivity (Wildman–Crippen MR) is 63.2 cm³/mol. The Hall–Kier alpha value is -1.10. The molecular formula is C12H24NO4+. The van der Waals surface area contributed by atoms with Crippen LogP contribution in [0.5, 0.6) is 0 Å². The van der Waals surface area contributed by atoms with Gasteiger partial charge in [-0.2, -0.15) is 0 Å². The molecule has 5 nitrogen and oxygen atoms in total. The van der Waals surface area contributed by atoms with Crippen molar-refractivity contribution in [2.75, 3.05) is 0 Å². The van der Waals surface area contributed by atoms with Gasteiger partial charge in [0.25, 0.3) is 0 Å². The number of carboxylic acid groups (broad SMARTS) is 1. The number of carboxylic acids is 1. The summed E-state index contributed by atoms with van der Waals surface area (Å²) in [5.41, 5.74) is 3.47. The number of hydrogen-bond acceptors (Lipinski definition) is 3. The fourth-order valence-electron chi connectivity index (χ4n) is 1.64. The van der Waals surface area contributed by atoms with Gasteiger partial charge in [-0.15, -0.1) is 0 Å². The predicted octanol–water partition coefficient (Wildman–Crippen LogP) is 0.830. The Morgan fingerprint density at radius 2 is 1.71 bits per heavy atom. The van der Waals surface area contributed by atoms with E-state index in [9.17, 15) is 9.59 Å². The fraction of sp³-hybridized carbons (Fsp3) is 0.833. The zero-order valence-corrected chi connectivity index (χ0v) is 10.9. The highest BCUT2D eigenvalue weighted by atomic mass is 16.5. The fourth-order valence-corrected chi connectivity index (χ4v) is 1.64. The summed E-state index contributed by atoms with van der Waals surface area (Å²) >= 11 is 0. The zero-order chi connectivity index (χ0) is 13.4. The SMILES string of the molecule is CCCC(CCC)C(=O)O[C@H](C)[C@H]([NH3+])C(=O)O. The van der Waals surface area contributed by atoms with Crippen LogP contribution in [0.2, 0.25) is 0 Å². The molecule has 0 heterocycles. The molecule has 0 aliphatic heterocycles. The molecule has 100 valence electrons. The third-order valence-corrected chi connectivity index (χ3v) is 2.79. The maximum Gasteiger partial charge on any atom is 0.366 e. The molecule has 0 amide bonds. The maximum absolute atomic E-state index is 11.8. The van der Waals surface area contributed by atoms with Crippen LogP contribution in [0.1, 0.15) is 46.5 Å². The van der Waals surface area contributed by atoms with Crippen molar-refractivity contribution in [3.63, 3.8) is 0 Å². The number of carbonyl (C=O) groups excluding carboxylic acids is 1. The standard InChI is InChI=1S/C12H23NO4/c1-4-6-9(7-5-2)12(16)17-8(3)10(13)11(14)15/h8-10H,4-7,13H2,1-3H3,(H,14,15)/p+1/t8-,10+/m1/s1. The normalized spacial score (nSPS) is 14.4. The topological polar surface area (TPSA) is 91.2 Å². The Balaban J connectivity index is 4.33. The van der Waals surface area contributed by atoms with Crippen LogP contribution in [-0.2, 0) is 14.3 Å². The minimum absolute atomic E-state index is 0.117. The second-order valence-electron chi connectivity index (χ2n) is 4.36. The van der Waals surface area contributed by atoms with Crippen LogP contribution in [0.15, 0.2) is 0 Å². The minimum atomic E-state index is -1.05. The number of esters is 1. The van der Waals surface area contributed by atoms with Gasteiger partial charge in [-0.3, -0.25) is 4.79 Å². The molecule has 0 aromatic carbocycles. The van der Waals surface area contributed by atoms with Crippen molar-refractivity contribution in [1.82, 2.24) is 0 Å². The first-order chi connectivity index (χ1) is 7.93. The lowest BCUT2D eigenvalue weighted by molar-refractivity contribution is -0.423. The van der Waals surface area contributed by atoms with Gasteiger partial charge in [-0.1, -0.05) is 26.7 Å². The summed E-state index contributed by atoms with van der Waals surface area (Å²) in [6, 6.07) is -0.914. The van der Waals surface area contributed by atoms with Crippen molar-refractivity contribution >= 4 is 11.9 Å². The van der Waals surface area contributed by atoms with Crippen LogP contribution >= 0.6 is 0 Å². The second-order valence-corrected chi connectivity index (χ2v) is 4.36. The smallest absolute Gasteiger partial charge is 0.366 e. The molecule has 0 aliphatic carbocycles. The first kappa shape index (κ1) is 15.9. The van der Waals surface area contributed by atoms with Crippen LogP contribution in [0.4, 0.5) is 0 Å². The van der Waals surface area contributed by atoms with E-state index in [0.29, 0.717) is 0 Å². The molecule has 0 spiro atoms. The molecule has 0 fully saturated rings. The molecule has 0 saturated heterocycles. The Labute approximate surface area is 102 Å². The van der Waals surface area contributed by atoms with E-state index >= 15 is 0 Å². The highest BCUT2D eigenvalue weighted by molar-refractivity contribution is 5.75. The lowest BCUT2D eigenvalue weighted by atomic mass is 9.98. The summed E-state index contributed by atoms with van der Waals surface area (Å²) in [5, 5.41) is 8.76. The first-order valence-electron chi connectivity index (χ1n) is 6.20. The molecule has 0 unspecified atom stereocenters. The van der Waals surface area contributed by atoms with E-state index in [2.05, 4.69) is 5.73 Å². The molecule has 5 heteroatoms. The van der Waals surface area contributed by atoms with Gasteiger partial charge in [0, 0.05) is 0 Å². The van der Waals surface area contributed by atoms with Crippen molar-refractivity contribution in [2.45, 2.75) is 58.6 Å². The summed E-state index contributed by atoms with van der Waals surface area (Å²) in [7, 11) is 0. The third kappa shape index (κ3) is 5.68. The van der Waals surface area contributed by atoms with Crippen LogP contribution in [0, 0.1) is 5.92 Å². The Bertz CT molecular complexity index is 249. The summed E-state index contributed by atoms with van der Waals surface area (Å²) in [6.07, 6.45) is 2.72. The highest BCUT2D eigenvalue weighted by Crippen LogP contribution is 2.16. The van der Waals surface area contributed by atoms with Crippen LogP contribution in [-0.4, -0.2) is 29.2 Å². The van der Waals surface area contributed by atoms with Crippen LogP contribution in [0.3, 0.4) is 0 Å². The van der Waals surface area contributed by atoms with Crippen molar-refractivity contribution in [2.24, 2.45) is 5.92 Å². The number of hydrogen-bond donors (Lipinski definition) is 2. The number of aliphatic carboxylic acids is 1. The Kier molecular flexibility index (Phi) is 7.54. The second kappa shape index (κ2) is 8.06. The van der Waals surface area contributed by atoms with Crippen LogP contribution < -0.4 is 5.73 Å². The first-order valence-corrected chi connectivity index (χ1v) is 6.20. The molecule has 17 heavy (non-hydrogen) atoms. The molecule has 0 aromatic rings. The molecule has 2 atom stereocenters. The van der Waals surface area contributed by atoms with Gasteiger partial charge in [0.1, 0.15) is 0 Å². The van der Waals surface area contributed by atoms with Crippen LogP contribution in [0.25, 0.3) is 0 Å². The highest BCUT2D eigenvalue weighted by Gasteiger charge is 2.29. The zero-order valence-electron chi connectivity index (χ0n) is 10.9. The molecule has 0 aliphatic rings. The van der Waals surface area contributed by atoms with E-state index in [1.165, 1.54) is 0 Å². The number of rotatable bonds is 8. The van der Waals surface area contributed by atoms with Crippen molar-refractivity contribution < 1.29 is 25.2 Å². The number of ether oxygens (including phenoxy) is 1. The van der Waals surface area contributed by atoms with Crippen molar-refractivity contribution in [1.29, 1.82) is 0 Å². The average Bonchev–Trinajstić information content (AvgIpc) is 2.27. The molecule has 0 radical (unpaired) electrons. The van der Waals surface area contributed by atoms with Gasteiger partial charge in [0.15, 0.2) is 6.10 Å². The Morgan fingerprint density at radius 3 is 2.06 bits per heavy atom. The largest absolute Gasteiger partial charge is 0.477 e. The van der Waals surface area contributed by atoms with Gasteiger partial charge in [-0.25, -0.2) is 4.79 Å². The molecule has 0 bridgehead atoms. The van der Waals surface area contributed by atoms with E-state index in [4.69, 9.17) is 9.84 Å². The minimum Gasteiger partial charge on any atom is -0.477 e. The maximum atomic E-state index is 11.8. The molecule has 0 saturated carbocycles. The molecule has 0 aromatic heterocycles. The number of carbonyl (C=O) groups is 2. The van der Waals surface area contributed by atoms with E-state index in [0.717, 1.165) is 25.7 Å². The van der Waals surface area contributed by atoms with Gasteiger partial charge in [0.2, 0.25) is 6.04 Å². The molecule has 4 N–H and O–H groups in total. The van der Waals surface area contributed by atoms with E-state index in [-0.39, 0.29) is 11.9 Å². The lowest BCUT2D eigenvalue weighted by Gasteiger charge is -2.19. The number of quaternary nitrogens is 1. The third-order valence-electron chi connectivity index (χ3n) is 2.79. The summed E-state index contributed by atoms with van der Waals surface area (Å²) in [5.74, 6) is -1.46. The quantitative estimate of drug-likeness (QED) is 0.620. The van der Waals surface area contributed by atoms with Gasteiger partial charge in [0.05, 0.1) is 5.92 Å². The van der Waals surface area contributed by atoms with E-state index in [1.807, 2.05) is 13.8 Å². The lowest BCUT2D eigenvalue weighted by Crippen LogP contribution is -2.70. The molecular weight excluding hydrogens is 222 g/mol. The van der Waals surface area contributed by atoms with E-state index in [1.54, 1.807) is 6.92 Å². The summed E-state index contributed by atoms with van der Waals surface area (Å²) in [4.78, 5) is 22.5. The van der Waals surface area contributed by atoms with Gasteiger partial charge in [-0.05, 0) is 19.8 Å².